The summed E-state index contributed by atoms with van der Waals surface area (Å²) in [7, 11) is 0. The van der Waals surface area contributed by atoms with E-state index in [-0.39, 0.29) is 18.6 Å². The number of rotatable bonds is 4. The van der Waals surface area contributed by atoms with Gasteiger partial charge in [0.25, 0.3) is 0 Å². The highest BCUT2D eigenvalue weighted by Gasteiger charge is 2.40. The van der Waals surface area contributed by atoms with Gasteiger partial charge in [0.2, 0.25) is 0 Å². The van der Waals surface area contributed by atoms with Crippen LogP contribution in [0.3, 0.4) is 0 Å². The second-order valence-electron chi connectivity index (χ2n) is 6.55. The van der Waals surface area contributed by atoms with Crippen molar-refractivity contribution in [2.24, 2.45) is 17.3 Å². The minimum Gasteiger partial charge on any atom is -0.481 e. The molecule has 1 heterocycles. The van der Waals surface area contributed by atoms with Crippen molar-refractivity contribution in [3.63, 3.8) is 0 Å². The Morgan fingerprint density at radius 2 is 1.90 bits per heavy atom. The third-order valence-electron chi connectivity index (χ3n) is 5.27. The number of carboxylic acid groups (broad SMARTS) is 1. The molecule has 2 aliphatic rings. The van der Waals surface area contributed by atoms with Gasteiger partial charge < -0.3 is 20.5 Å². The second-order valence-corrected chi connectivity index (χ2v) is 6.55. The van der Waals surface area contributed by atoms with E-state index >= 15 is 0 Å². The lowest BCUT2D eigenvalue weighted by molar-refractivity contribution is -0.154. The van der Waals surface area contributed by atoms with Crippen LogP contribution in [0.5, 0.6) is 0 Å². The lowest BCUT2D eigenvalue weighted by Crippen LogP contribution is -2.50. The molecule has 6 heteroatoms. The molecule has 2 rings (SSSR count). The molecule has 0 bridgehead atoms. The van der Waals surface area contributed by atoms with Crippen molar-refractivity contribution >= 4 is 12.0 Å². The highest BCUT2D eigenvalue weighted by molar-refractivity contribution is 5.78. The number of hydrogen-bond donors (Lipinski definition) is 3. The fourth-order valence-corrected chi connectivity index (χ4v) is 3.27. The fraction of sp³-hybridized carbons (Fsp3) is 0.867. The van der Waals surface area contributed by atoms with Gasteiger partial charge in [-0.1, -0.05) is 13.8 Å². The summed E-state index contributed by atoms with van der Waals surface area (Å²) in [5, 5.41) is 15.2. The highest BCUT2D eigenvalue weighted by Crippen LogP contribution is 2.31. The lowest BCUT2D eigenvalue weighted by Gasteiger charge is -2.33. The molecule has 2 amide bonds. The molecule has 1 aliphatic carbocycles. The van der Waals surface area contributed by atoms with E-state index in [9.17, 15) is 14.7 Å². The van der Waals surface area contributed by atoms with Gasteiger partial charge in [0, 0.05) is 25.8 Å². The molecule has 0 spiro atoms. The monoisotopic (exact) mass is 298 g/mol. The van der Waals surface area contributed by atoms with E-state index in [4.69, 9.17) is 4.74 Å². The predicted octanol–water partition coefficient (Wildman–Crippen LogP) is 1.60. The molecule has 1 aliphatic heterocycles. The van der Waals surface area contributed by atoms with Crippen molar-refractivity contribution in [3.05, 3.63) is 0 Å². The van der Waals surface area contributed by atoms with Crippen molar-refractivity contribution in [2.75, 3.05) is 19.8 Å². The summed E-state index contributed by atoms with van der Waals surface area (Å²) in [6.07, 6.45) is 3.01. The van der Waals surface area contributed by atoms with Gasteiger partial charge in [-0.25, -0.2) is 4.79 Å². The third kappa shape index (κ3) is 3.67. The molecule has 1 saturated carbocycles. The Morgan fingerprint density at radius 3 is 2.43 bits per heavy atom. The van der Waals surface area contributed by atoms with Crippen molar-refractivity contribution in [3.8, 4) is 0 Å². The van der Waals surface area contributed by atoms with Crippen molar-refractivity contribution in [2.45, 2.75) is 45.6 Å². The molecule has 0 radical (unpaired) electrons. The molecule has 6 nitrogen and oxygen atoms in total. The van der Waals surface area contributed by atoms with Crippen molar-refractivity contribution < 1.29 is 19.4 Å². The van der Waals surface area contributed by atoms with Gasteiger partial charge in [-0.2, -0.15) is 0 Å². The van der Waals surface area contributed by atoms with Crippen LogP contribution in [-0.2, 0) is 9.53 Å². The SMILES string of the molecule is CC1CCC(NC(=O)NCC2(C(=O)O)CCOCC2)C1C. The first-order valence-corrected chi connectivity index (χ1v) is 7.80. The number of amides is 2. The van der Waals surface area contributed by atoms with Crippen LogP contribution in [-0.4, -0.2) is 42.9 Å². The molecule has 0 aromatic heterocycles. The maximum atomic E-state index is 12.0. The molecule has 2 fully saturated rings. The van der Waals surface area contributed by atoms with Crippen LogP contribution in [0.4, 0.5) is 4.79 Å². The Morgan fingerprint density at radius 1 is 1.24 bits per heavy atom. The summed E-state index contributed by atoms with van der Waals surface area (Å²) in [6.45, 7) is 5.39. The summed E-state index contributed by atoms with van der Waals surface area (Å²) >= 11 is 0. The number of ether oxygens (including phenoxy) is 1. The van der Waals surface area contributed by atoms with Crippen molar-refractivity contribution in [1.82, 2.24) is 10.6 Å². The van der Waals surface area contributed by atoms with Gasteiger partial charge in [-0.15, -0.1) is 0 Å². The minimum absolute atomic E-state index is 0.161. The van der Waals surface area contributed by atoms with Crippen LogP contribution < -0.4 is 10.6 Å². The van der Waals surface area contributed by atoms with Crippen LogP contribution in [0.25, 0.3) is 0 Å². The number of hydrogen-bond acceptors (Lipinski definition) is 3. The molecule has 0 aromatic rings. The van der Waals surface area contributed by atoms with Gasteiger partial charge in [-0.05, 0) is 37.5 Å². The van der Waals surface area contributed by atoms with E-state index < -0.39 is 11.4 Å². The van der Waals surface area contributed by atoms with Crippen LogP contribution in [0.15, 0.2) is 0 Å². The Hall–Kier alpha value is -1.30. The average Bonchev–Trinajstić information content (AvgIpc) is 2.78. The zero-order valence-electron chi connectivity index (χ0n) is 12.9. The summed E-state index contributed by atoms with van der Waals surface area (Å²) < 4.78 is 5.22. The van der Waals surface area contributed by atoms with Gasteiger partial charge in [0.15, 0.2) is 0 Å². The lowest BCUT2D eigenvalue weighted by atomic mass is 9.80. The van der Waals surface area contributed by atoms with Crippen LogP contribution in [0.1, 0.15) is 39.5 Å². The molecular formula is C15H26N2O4. The Labute approximate surface area is 125 Å². The number of carbonyl (C=O) groups excluding carboxylic acids is 1. The molecule has 120 valence electrons. The quantitative estimate of drug-likeness (QED) is 0.735. The Balaban J connectivity index is 1.83. The average molecular weight is 298 g/mol. The zero-order chi connectivity index (χ0) is 15.5. The first-order valence-electron chi connectivity index (χ1n) is 7.80. The van der Waals surface area contributed by atoms with E-state index in [1.165, 1.54) is 0 Å². The normalized spacial score (nSPS) is 31.6. The van der Waals surface area contributed by atoms with Gasteiger partial charge in [-0.3, -0.25) is 4.79 Å². The summed E-state index contributed by atoms with van der Waals surface area (Å²) in [5.74, 6) is 0.234. The minimum atomic E-state index is -0.885. The van der Waals surface area contributed by atoms with Gasteiger partial charge >= 0.3 is 12.0 Å². The summed E-state index contributed by atoms with van der Waals surface area (Å²) in [4.78, 5) is 23.5. The molecule has 3 atom stereocenters. The molecule has 1 saturated heterocycles. The smallest absolute Gasteiger partial charge is 0.315 e. The Bertz CT molecular complexity index is 393. The number of nitrogens with one attached hydrogen (secondary N) is 2. The number of carbonyl (C=O) groups is 2. The van der Waals surface area contributed by atoms with E-state index in [1.807, 2.05) is 0 Å². The summed E-state index contributed by atoms with van der Waals surface area (Å²) in [6, 6.07) is -0.0662. The third-order valence-corrected chi connectivity index (χ3v) is 5.27. The molecule has 21 heavy (non-hydrogen) atoms. The van der Waals surface area contributed by atoms with Gasteiger partial charge in [0.1, 0.15) is 0 Å². The fourth-order valence-electron chi connectivity index (χ4n) is 3.27. The summed E-state index contributed by atoms with van der Waals surface area (Å²) in [5.41, 5.74) is -0.885. The first-order chi connectivity index (χ1) is 9.94. The van der Waals surface area contributed by atoms with Crippen LogP contribution in [0, 0.1) is 17.3 Å². The highest BCUT2D eigenvalue weighted by atomic mass is 16.5. The van der Waals surface area contributed by atoms with Gasteiger partial charge in [0.05, 0.1) is 5.41 Å². The standard InChI is InChI=1S/C15H26N2O4/c1-10-3-4-12(11(10)2)17-14(20)16-9-15(13(18)19)5-7-21-8-6-15/h10-12H,3-9H2,1-2H3,(H,18,19)(H2,16,17,20). The van der Waals surface area contributed by atoms with Crippen LogP contribution in [0.2, 0.25) is 0 Å². The molecule has 3 N–H and O–H groups in total. The van der Waals surface area contributed by atoms with Crippen molar-refractivity contribution in [1.29, 1.82) is 0 Å². The zero-order valence-corrected chi connectivity index (χ0v) is 12.9. The number of carboxylic acids is 1. The predicted molar refractivity (Wildman–Crippen MR) is 78.0 cm³/mol. The topological polar surface area (TPSA) is 87.7 Å². The Kier molecular flexibility index (Phi) is 5.08. The first kappa shape index (κ1) is 16.1. The molecular weight excluding hydrogens is 272 g/mol. The van der Waals surface area contributed by atoms with E-state index in [1.54, 1.807) is 0 Å². The number of urea groups is 1. The molecule has 0 aromatic carbocycles. The van der Waals surface area contributed by atoms with Crippen LogP contribution >= 0.6 is 0 Å². The largest absolute Gasteiger partial charge is 0.481 e. The molecule has 3 unspecified atom stereocenters. The number of aliphatic carboxylic acids is 1. The van der Waals surface area contributed by atoms with E-state index in [0.29, 0.717) is 37.9 Å². The maximum Gasteiger partial charge on any atom is 0.315 e. The second kappa shape index (κ2) is 6.64. The van der Waals surface area contributed by atoms with E-state index in [0.717, 1.165) is 12.8 Å². The maximum absolute atomic E-state index is 12.0. The van der Waals surface area contributed by atoms with E-state index in [2.05, 4.69) is 24.5 Å².